The fourth-order valence-corrected chi connectivity index (χ4v) is 2.75. The fraction of sp³-hybridized carbons (Fsp3) is 0.615. The fourth-order valence-electron chi connectivity index (χ4n) is 1.83. The third-order valence-electron chi connectivity index (χ3n) is 3.10. The van der Waals surface area contributed by atoms with Crippen LogP contribution in [0.2, 0.25) is 0 Å². The van der Waals surface area contributed by atoms with Gasteiger partial charge < -0.3 is 15.5 Å². The molecule has 18 heavy (non-hydrogen) atoms. The van der Waals surface area contributed by atoms with Crippen LogP contribution in [-0.2, 0) is 0 Å². The van der Waals surface area contributed by atoms with Crippen molar-refractivity contribution in [2.45, 2.75) is 24.9 Å². The molecule has 0 saturated heterocycles. The van der Waals surface area contributed by atoms with Gasteiger partial charge in [-0.2, -0.15) is 0 Å². The molecule has 0 spiro atoms. The molecule has 1 unspecified atom stereocenters. The van der Waals surface area contributed by atoms with Crippen LogP contribution in [0.25, 0.3) is 0 Å². The number of guanidine groups is 1. The standard InChI is InChI=1S/C13H22N4S/c1-14-13(16-10-6-7-10)15-9-11(17(2)3)12-5-4-8-18-12/h4-5,8,10-11H,6-7,9H2,1-3H3,(H2,14,15,16). The molecule has 0 amide bonds. The minimum absolute atomic E-state index is 0.391. The molecular weight excluding hydrogens is 244 g/mol. The van der Waals surface area contributed by atoms with Crippen molar-refractivity contribution in [1.82, 2.24) is 15.5 Å². The first kappa shape index (κ1) is 13.4. The van der Waals surface area contributed by atoms with E-state index in [0.29, 0.717) is 12.1 Å². The van der Waals surface area contributed by atoms with E-state index in [4.69, 9.17) is 0 Å². The average Bonchev–Trinajstić information content (AvgIpc) is 3.00. The number of thiophene rings is 1. The summed E-state index contributed by atoms with van der Waals surface area (Å²) in [5.41, 5.74) is 0. The maximum absolute atomic E-state index is 4.26. The Morgan fingerprint density at radius 1 is 1.56 bits per heavy atom. The van der Waals surface area contributed by atoms with Gasteiger partial charge in [0.2, 0.25) is 0 Å². The molecular formula is C13H22N4S. The molecule has 1 fully saturated rings. The summed E-state index contributed by atoms with van der Waals surface area (Å²) in [7, 11) is 6.06. The molecule has 0 aliphatic heterocycles. The molecule has 0 radical (unpaired) electrons. The molecule has 1 aliphatic rings. The second-order valence-corrected chi connectivity index (χ2v) is 5.85. The SMILES string of the molecule is CN=C(NCC(c1cccs1)N(C)C)NC1CC1. The van der Waals surface area contributed by atoms with E-state index in [1.54, 1.807) is 11.3 Å². The molecule has 1 aromatic heterocycles. The van der Waals surface area contributed by atoms with E-state index in [1.807, 2.05) is 7.05 Å². The van der Waals surface area contributed by atoms with Crippen LogP contribution in [0.1, 0.15) is 23.8 Å². The van der Waals surface area contributed by atoms with Crippen molar-refractivity contribution in [1.29, 1.82) is 0 Å². The number of hydrogen-bond acceptors (Lipinski definition) is 3. The van der Waals surface area contributed by atoms with E-state index in [2.05, 4.69) is 52.1 Å². The molecule has 0 bridgehead atoms. The molecule has 1 saturated carbocycles. The zero-order chi connectivity index (χ0) is 13.0. The third kappa shape index (κ3) is 3.71. The molecule has 5 heteroatoms. The van der Waals surface area contributed by atoms with Gasteiger partial charge in [0.15, 0.2) is 5.96 Å². The third-order valence-corrected chi connectivity index (χ3v) is 4.07. The summed E-state index contributed by atoms with van der Waals surface area (Å²) in [5, 5.41) is 8.95. The van der Waals surface area contributed by atoms with Crippen LogP contribution < -0.4 is 10.6 Å². The summed E-state index contributed by atoms with van der Waals surface area (Å²) >= 11 is 1.80. The summed E-state index contributed by atoms with van der Waals surface area (Å²) in [6.07, 6.45) is 2.53. The van der Waals surface area contributed by atoms with Crippen LogP contribution in [0, 0.1) is 0 Å². The van der Waals surface area contributed by atoms with Crippen LogP contribution in [0.3, 0.4) is 0 Å². The van der Waals surface area contributed by atoms with Gasteiger partial charge in [-0.05, 0) is 38.4 Å². The molecule has 2 N–H and O–H groups in total. The summed E-state index contributed by atoms with van der Waals surface area (Å²) in [6, 6.07) is 5.32. The van der Waals surface area contributed by atoms with Crippen LogP contribution in [0.15, 0.2) is 22.5 Å². The summed E-state index contributed by atoms with van der Waals surface area (Å²) < 4.78 is 0. The van der Waals surface area contributed by atoms with E-state index < -0.39 is 0 Å². The van der Waals surface area contributed by atoms with Gasteiger partial charge in [-0.25, -0.2) is 0 Å². The first-order valence-corrected chi connectivity index (χ1v) is 7.25. The maximum Gasteiger partial charge on any atom is 0.191 e. The number of hydrogen-bond donors (Lipinski definition) is 2. The smallest absolute Gasteiger partial charge is 0.191 e. The largest absolute Gasteiger partial charge is 0.354 e. The zero-order valence-electron chi connectivity index (χ0n) is 11.3. The number of aliphatic imine (C=N–C) groups is 1. The Bertz CT molecular complexity index is 382. The van der Waals surface area contributed by atoms with Gasteiger partial charge in [0, 0.05) is 24.5 Å². The van der Waals surface area contributed by atoms with Crippen LogP contribution >= 0.6 is 11.3 Å². The van der Waals surface area contributed by atoms with E-state index in [1.165, 1.54) is 17.7 Å². The second-order valence-electron chi connectivity index (χ2n) is 4.87. The van der Waals surface area contributed by atoms with Gasteiger partial charge in [-0.15, -0.1) is 11.3 Å². The quantitative estimate of drug-likeness (QED) is 0.629. The van der Waals surface area contributed by atoms with Gasteiger partial charge in [0.1, 0.15) is 0 Å². The molecule has 2 rings (SSSR count). The van der Waals surface area contributed by atoms with E-state index >= 15 is 0 Å². The van der Waals surface area contributed by atoms with Crippen molar-refractivity contribution in [2.24, 2.45) is 4.99 Å². The monoisotopic (exact) mass is 266 g/mol. The van der Waals surface area contributed by atoms with Crippen molar-refractivity contribution in [3.63, 3.8) is 0 Å². The lowest BCUT2D eigenvalue weighted by Gasteiger charge is -2.24. The van der Waals surface area contributed by atoms with Gasteiger partial charge in [0.05, 0.1) is 6.04 Å². The number of nitrogens with one attached hydrogen (secondary N) is 2. The molecule has 1 atom stereocenters. The Morgan fingerprint density at radius 2 is 2.33 bits per heavy atom. The Hall–Kier alpha value is -1.07. The highest BCUT2D eigenvalue weighted by atomic mass is 32.1. The maximum atomic E-state index is 4.26. The average molecular weight is 266 g/mol. The topological polar surface area (TPSA) is 39.7 Å². The lowest BCUT2D eigenvalue weighted by molar-refractivity contribution is 0.302. The van der Waals surface area contributed by atoms with Gasteiger partial charge in [0.25, 0.3) is 0 Å². The molecule has 1 heterocycles. The normalized spacial score (nSPS) is 17.9. The van der Waals surface area contributed by atoms with Crippen molar-refractivity contribution in [3.05, 3.63) is 22.4 Å². The number of likely N-dealkylation sites (N-methyl/N-ethyl adjacent to an activating group) is 1. The Balaban J connectivity index is 1.88. The Kier molecular flexibility index (Phi) is 4.60. The zero-order valence-corrected chi connectivity index (χ0v) is 12.1. The lowest BCUT2D eigenvalue weighted by atomic mass is 10.2. The van der Waals surface area contributed by atoms with Crippen molar-refractivity contribution >= 4 is 17.3 Å². The van der Waals surface area contributed by atoms with Crippen LogP contribution in [0.5, 0.6) is 0 Å². The van der Waals surface area contributed by atoms with E-state index in [9.17, 15) is 0 Å². The van der Waals surface area contributed by atoms with Crippen LogP contribution in [-0.4, -0.2) is 44.6 Å². The number of nitrogens with zero attached hydrogens (tertiary/aromatic N) is 2. The Morgan fingerprint density at radius 3 is 2.83 bits per heavy atom. The number of rotatable bonds is 5. The van der Waals surface area contributed by atoms with Crippen molar-refractivity contribution in [2.75, 3.05) is 27.7 Å². The first-order chi connectivity index (χ1) is 8.70. The molecule has 100 valence electrons. The molecule has 0 aromatic carbocycles. The van der Waals surface area contributed by atoms with Crippen molar-refractivity contribution in [3.8, 4) is 0 Å². The summed E-state index contributed by atoms with van der Waals surface area (Å²) in [4.78, 5) is 7.88. The van der Waals surface area contributed by atoms with Crippen LogP contribution in [0.4, 0.5) is 0 Å². The molecule has 1 aliphatic carbocycles. The minimum atomic E-state index is 0.391. The van der Waals surface area contributed by atoms with Crippen molar-refractivity contribution < 1.29 is 0 Å². The minimum Gasteiger partial charge on any atom is -0.354 e. The lowest BCUT2D eigenvalue weighted by Crippen LogP contribution is -2.42. The highest BCUT2D eigenvalue weighted by Gasteiger charge is 2.23. The highest BCUT2D eigenvalue weighted by molar-refractivity contribution is 7.10. The second kappa shape index (κ2) is 6.20. The van der Waals surface area contributed by atoms with Gasteiger partial charge in [-0.1, -0.05) is 6.07 Å². The molecule has 4 nitrogen and oxygen atoms in total. The molecule has 1 aromatic rings. The Labute approximate surface area is 113 Å². The first-order valence-electron chi connectivity index (χ1n) is 6.37. The summed E-state index contributed by atoms with van der Waals surface area (Å²) in [6.45, 7) is 0.875. The predicted molar refractivity (Wildman–Crippen MR) is 78.3 cm³/mol. The van der Waals surface area contributed by atoms with Gasteiger partial charge in [-0.3, -0.25) is 4.99 Å². The van der Waals surface area contributed by atoms with Gasteiger partial charge >= 0.3 is 0 Å². The predicted octanol–water partition coefficient (Wildman–Crippen LogP) is 1.68. The highest BCUT2D eigenvalue weighted by Crippen LogP contribution is 2.22. The summed E-state index contributed by atoms with van der Waals surface area (Å²) in [5.74, 6) is 0.918. The van der Waals surface area contributed by atoms with E-state index in [0.717, 1.165) is 12.5 Å². The van der Waals surface area contributed by atoms with E-state index in [-0.39, 0.29) is 0 Å².